The summed E-state index contributed by atoms with van der Waals surface area (Å²) in [6.07, 6.45) is 6.52. The molecule has 1 N–H and O–H groups in total. The van der Waals surface area contributed by atoms with Crippen LogP contribution in [0, 0.1) is 5.82 Å². The number of nitrogens with zero attached hydrogens (tertiary/aromatic N) is 4. The smallest absolute Gasteiger partial charge is 0.250 e. The van der Waals surface area contributed by atoms with E-state index in [1.807, 2.05) is 0 Å². The zero-order chi connectivity index (χ0) is 15.4. The van der Waals surface area contributed by atoms with Crippen LogP contribution < -0.4 is 5.32 Å². The molecule has 110 valence electrons. The number of aromatic nitrogens is 4. The molecule has 2 heterocycles. The SMILES string of the molecule is O=C(Cc1ccc(F)cc1)Nc1cnc(-n2cccn2)nc1. The Morgan fingerprint density at radius 2 is 1.91 bits per heavy atom. The lowest BCUT2D eigenvalue weighted by molar-refractivity contribution is -0.115. The van der Waals surface area contributed by atoms with Gasteiger partial charge in [-0.15, -0.1) is 0 Å². The van der Waals surface area contributed by atoms with Crippen molar-refractivity contribution < 1.29 is 9.18 Å². The Kier molecular flexibility index (Phi) is 3.86. The summed E-state index contributed by atoms with van der Waals surface area (Å²) in [7, 11) is 0. The number of benzene rings is 1. The van der Waals surface area contributed by atoms with Crippen LogP contribution in [0.3, 0.4) is 0 Å². The summed E-state index contributed by atoms with van der Waals surface area (Å²) < 4.78 is 14.3. The molecule has 0 atom stereocenters. The van der Waals surface area contributed by atoms with Gasteiger partial charge < -0.3 is 5.32 Å². The van der Waals surface area contributed by atoms with Crippen LogP contribution in [0.5, 0.6) is 0 Å². The average molecular weight is 297 g/mol. The highest BCUT2D eigenvalue weighted by Crippen LogP contribution is 2.08. The third-order valence-corrected chi connectivity index (χ3v) is 2.91. The summed E-state index contributed by atoms with van der Waals surface area (Å²) in [5.74, 6) is -0.129. The molecule has 0 aliphatic rings. The first kappa shape index (κ1) is 13.9. The predicted octanol–water partition coefficient (Wildman–Crippen LogP) is 1.98. The van der Waals surface area contributed by atoms with E-state index in [0.717, 1.165) is 5.56 Å². The fourth-order valence-corrected chi connectivity index (χ4v) is 1.88. The summed E-state index contributed by atoms with van der Waals surface area (Å²) in [5, 5.41) is 6.70. The third kappa shape index (κ3) is 3.32. The largest absolute Gasteiger partial charge is 0.323 e. The lowest BCUT2D eigenvalue weighted by Crippen LogP contribution is -2.15. The molecule has 22 heavy (non-hydrogen) atoms. The predicted molar refractivity (Wildman–Crippen MR) is 77.9 cm³/mol. The van der Waals surface area contributed by atoms with Gasteiger partial charge in [-0.05, 0) is 23.8 Å². The molecule has 1 amide bonds. The number of amides is 1. The van der Waals surface area contributed by atoms with E-state index >= 15 is 0 Å². The first-order valence-electron chi connectivity index (χ1n) is 6.57. The molecule has 3 rings (SSSR count). The normalized spacial score (nSPS) is 10.4. The Hall–Kier alpha value is -3.09. The molecule has 0 unspecified atom stereocenters. The van der Waals surface area contributed by atoms with Gasteiger partial charge in [0.25, 0.3) is 5.95 Å². The van der Waals surface area contributed by atoms with Crippen molar-refractivity contribution >= 4 is 11.6 Å². The molecule has 0 radical (unpaired) electrons. The second kappa shape index (κ2) is 6.13. The second-order valence-electron chi connectivity index (χ2n) is 4.57. The quantitative estimate of drug-likeness (QED) is 0.799. The van der Waals surface area contributed by atoms with Gasteiger partial charge in [-0.3, -0.25) is 4.79 Å². The maximum atomic E-state index is 12.8. The van der Waals surface area contributed by atoms with Gasteiger partial charge in [0.2, 0.25) is 5.91 Å². The number of carbonyl (C=O) groups is 1. The van der Waals surface area contributed by atoms with E-state index in [1.54, 1.807) is 30.6 Å². The number of hydrogen-bond acceptors (Lipinski definition) is 4. The van der Waals surface area contributed by atoms with Crippen molar-refractivity contribution in [1.82, 2.24) is 19.7 Å². The number of nitrogens with one attached hydrogen (secondary N) is 1. The highest BCUT2D eigenvalue weighted by molar-refractivity contribution is 5.91. The van der Waals surface area contributed by atoms with Crippen molar-refractivity contribution in [3.8, 4) is 5.95 Å². The minimum Gasteiger partial charge on any atom is -0.323 e. The molecule has 1 aromatic carbocycles. The minimum absolute atomic E-state index is 0.154. The van der Waals surface area contributed by atoms with E-state index in [-0.39, 0.29) is 18.1 Å². The van der Waals surface area contributed by atoms with E-state index in [0.29, 0.717) is 11.6 Å². The number of carbonyl (C=O) groups excluding carboxylic acids is 1. The van der Waals surface area contributed by atoms with Gasteiger partial charge in [0, 0.05) is 12.4 Å². The first-order chi connectivity index (χ1) is 10.7. The van der Waals surface area contributed by atoms with Gasteiger partial charge in [-0.25, -0.2) is 19.0 Å². The molecule has 0 saturated heterocycles. The molecular formula is C15H12FN5O. The van der Waals surface area contributed by atoms with Crippen molar-refractivity contribution in [2.45, 2.75) is 6.42 Å². The van der Waals surface area contributed by atoms with E-state index in [9.17, 15) is 9.18 Å². The van der Waals surface area contributed by atoms with E-state index in [1.165, 1.54) is 29.2 Å². The molecule has 2 aromatic heterocycles. The standard InChI is InChI=1S/C15H12FN5O/c16-12-4-2-11(3-5-12)8-14(22)20-13-9-17-15(18-10-13)21-7-1-6-19-21/h1-7,9-10H,8H2,(H,20,22). The summed E-state index contributed by atoms with van der Waals surface area (Å²) in [4.78, 5) is 20.1. The Morgan fingerprint density at radius 3 is 2.55 bits per heavy atom. The molecule has 0 saturated carbocycles. The van der Waals surface area contributed by atoms with Gasteiger partial charge >= 0.3 is 0 Å². The van der Waals surface area contributed by atoms with Gasteiger partial charge in [-0.1, -0.05) is 12.1 Å². The first-order valence-corrected chi connectivity index (χ1v) is 6.57. The highest BCUT2D eigenvalue weighted by Gasteiger charge is 2.06. The molecule has 6 nitrogen and oxygen atoms in total. The summed E-state index contributed by atoms with van der Waals surface area (Å²) in [5.41, 5.74) is 1.22. The fourth-order valence-electron chi connectivity index (χ4n) is 1.88. The Balaban J connectivity index is 1.63. The summed E-state index contributed by atoms with van der Waals surface area (Å²) >= 11 is 0. The van der Waals surface area contributed by atoms with E-state index < -0.39 is 0 Å². The molecular weight excluding hydrogens is 285 g/mol. The number of rotatable bonds is 4. The zero-order valence-electron chi connectivity index (χ0n) is 11.5. The van der Waals surface area contributed by atoms with Crippen LogP contribution in [0.2, 0.25) is 0 Å². The number of hydrogen-bond donors (Lipinski definition) is 1. The Morgan fingerprint density at radius 1 is 1.18 bits per heavy atom. The van der Waals surface area contributed by atoms with Crippen LogP contribution in [0.25, 0.3) is 5.95 Å². The Bertz CT molecular complexity index is 754. The van der Waals surface area contributed by atoms with E-state index in [4.69, 9.17) is 0 Å². The third-order valence-electron chi connectivity index (χ3n) is 2.91. The fraction of sp³-hybridized carbons (Fsp3) is 0.0667. The van der Waals surface area contributed by atoms with Crippen LogP contribution in [0.15, 0.2) is 55.1 Å². The van der Waals surface area contributed by atoms with Gasteiger partial charge in [0.15, 0.2) is 0 Å². The van der Waals surface area contributed by atoms with Crippen LogP contribution in [0.4, 0.5) is 10.1 Å². The highest BCUT2D eigenvalue weighted by atomic mass is 19.1. The zero-order valence-corrected chi connectivity index (χ0v) is 11.5. The van der Waals surface area contributed by atoms with Crippen LogP contribution >= 0.6 is 0 Å². The van der Waals surface area contributed by atoms with Gasteiger partial charge in [0.1, 0.15) is 5.82 Å². The lowest BCUT2D eigenvalue weighted by Gasteiger charge is -2.05. The van der Waals surface area contributed by atoms with Gasteiger partial charge in [0.05, 0.1) is 24.5 Å². The number of anilines is 1. The summed E-state index contributed by atoms with van der Waals surface area (Å²) in [6.45, 7) is 0. The maximum absolute atomic E-state index is 12.8. The topological polar surface area (TPSA) is 72.7 Å². The van der Waals surface area contributed by atoms with E-state index in [2.05, 4.69) is 20.4 Å². The Labute approximate surface area is 125 Å². The minimum atomic E-state index is -0.327. The second-order valence-corrected chi connectivity index (χ2v) is 4.57. The van der Waals surface area contributed by atoms with Crippen molar-refractivity contribution in [3.63, 3.8) is 0 Å². The van der Waals surface area contributed by atoms with Crippen molar-refractivity contribution in [2.24, 2.45) is 0 Å². The monoisotopic (exact) mass is 297 g/mol. The molecule has 0 aliphatic heterocycles. The van der Waals surface area contributed by atoms with Gasteiger partial charge in [-0.2, -0.15) is 5.10 Å². The molecule has 7 heteroatoms. The van der Waals surface area contributed by atoms with Crippen LogP contribution in [-0.4, -0.2) is 25.7 Å². The van der Waals surface area contributed by atoms with Crippen molar-refractivity contribution in [2.75, 3.05) is 5.32 Å². The molecule has 0 fully saturated rings. The lowest BCUT2D eigenvalue weighted by atomic mass is 10.1. The van der Waals surface area contributed by atoms with Crippen LogP contribution in [0.1, 0.15) is 5.56 Å². The molecule has 0 aliphatic carbocycles. The van der Waals surface area contributed by atoms with Crippen molar-refractivity contribution in [3.05, 3.63) is 66.5 Å². The maximum Gasteiger partial charge on any atom is 0.250 e. The molecule has 0 bridgehead atoms. The molecule has 3 aromatic rings. The van der Waals surface area contributed by atoms with Crippen LogP contribution in [-0.2, 0) is 11.2 Å². The number of halogens is 1. The van der Waals surface area contributed by atoms with Crippen molar-refractivity contribution in [1.29, 1.82) is 0 Å². The summed E-state index contributed by atoms with van der Waals surface area (Å²) in [6, 6.07) is 7.56. The average Bonchev–Trinajstić information content (AvgIpc) is 3.05. The molecule has 0 spiro atoms.